The number of carbonyl (C=O) groups excluding carboxylic acids is 4. The van der Waals surface area contributed by atoms with Gasteiger partial charge in [-0.3, -0.25) is 19.2 Å². The maximum atomic E-state index is 14.6. The summed E-state index contributed by atoms with van der Waals surface area (Å²) in [6.07, 6.45) is 4.12. The second kappa shape index (κ2) is 14.2. The van der Waals surface area contributed by atoms with Gasteiger partial charge in [0.2, 0.25) is 11.8 Å². The summed E-state index contributed by atoms with van der Waals surface area (Å²) < 4.78 is 12.0. The average Bonchev–Trinajstić information content (AvgIpc) is 3.69. The number of carbonyl (C=O) groups is 4. The number of rotatable bonds is 14. The number of likely N-dealkylation sites (tertiary alicyclic amines) is 1. The molecule has 10 nitrogen and oxygen atoms in total. The summed E-state index contributed by atoms with van der Waals surface area (Å²) in [4.78, 5) is 58.0. The highest BCUT2D eigenvalue weighted by Gasteiger charge is 2.74. The number of hydrogen-bond acceptors (Lipinski definition) is 7. The van der Waals surface area contributed by atoms with Crippen LogP contribution in [-0.2, 0) is 28.7 Å². The van der Waals surface area contributed by atoms with Crippen molar-refractivity contribution in [3.8, 4) is 0 Å². The summed E-state index contributed by atoms with van der Waals surface area (Å²) in [6.45, 7) is 8.84. The third-order valence-electron chi connectivity index (χ3n) is 9.20. The van der Waals surface area contributed by atoms with Crippen molar-refractivity contribution in [3.63, 3.8) is 0 Å². The topological polar surface area (TPSA) is 125 Å². The number of benzene rings is 2. The molecule has 2 aromatic carbocycles. The van der Waals surface area contributed by atoms with Gasteiger partial charge in [0.1, 0.15) is 18.2 Å². The van der Waals surface area contributed by atoms with Crippen LogP contribution in [0.1, 0.15) is 42.9 Å². The summed E-state index contributed by atoms with van der Waals surface area (Å²) in [5.41, 5.74) is 0.722. The van der Waals surface area contributed by atoms with Crippen molar-refractivity contribution < 1.29 is 33.8 Å². The highest BCUT2D eigenvalue weighted by atomic mass is 35.5. The predicted molar refractivity (Wildman–Crippen MR) is 173 cm³/mol. The van der Waals surface area contributed by atoms with Gasteiger partial charge < -0.3 is 29.7 Å². The fourth-order valence-corrected chi connectivity index (χ4v) is 7.58. The molecule has 2 aromatic rings. The Balaban J connectivity index is 1.45. The van der Waals surface area contributed by atoms with Crippen molar-refractivity contribution in [2.24, 2.45) is 11.8 Å². The highest BCUT2D eigenvalue weighted by Crippen LogP contribution is 2.58. The van der Waals surface area contributed by atoms with Crippen molar-refractivity contribution in [1.29, 1.82) is 0 Å². The first-order valence-corrected chi connectivity index (χ1v) is 15.9. The van der Waals surface area contributed by atoms with Gasteiger partial charge in [-0.1, -0.05) is 66.2 Å². The Morgan fingerprint density at radius 2 is 1.96 bits per heavy atom. The maximum Gasteiger partial charge on any atom is 0.306 e. The first kappa shape index (κ1) is 33.4. The molecule has 0 unspecified atom stereocenters. The van der Waals surface area contributed by atoms with Gasteiger partial charge in [0.25, 0.3) is 5.91 Å². The number of aliphatic hydroxyl groups is 1. The minimum atomic E-state index is -1.27. The van der Waals surface area contributed by atoms with Crippen LogP contribution in [0.5, 0.6) is 0 Å². The minimum Gasteiger partial charge on any atom is -0.463 e. The number of esters is 1. The molecule has 6 atom stereocenters. The van der Waals surface area contributed by atoms with E-state index >= 15 is 0 Å². The number of aryl methyl sites for hydroxylation is 1. The lowest BCUT2D eigenvalue weighted by molar-refractivity contribution is -0.146. The number of ether oxygens (including phenoxy) is 2. The quantitative estimate of drug-likeness (QED) is 0.235. The molecule has 3 fully saturated rings. The normalized spacial score (nSPS) is 25.1. The van der Waals surface area contributed by atoms with Gasteiger partial charge >= 0.3 is 5.97 Å². The molecule has 3 saturated heterocycles. The smallest absolute Gasteiger partial charge is 0.306 e. The molecule has 3 aliphatic heterocycles. The summed E-state index contributed by atoms with van der Waals surface area (Å²) in [5.74, 6) is -3.52. The zero-order chi connectivity index (χ0) is 33.0. The molecule has 0 saturated carbocycles. The Morgan fingerprint density at radius 3 is 2.63 bits per heavy atom. The molecule has 46 heavy (non-hydrogen) atoms. The monoisotopic (exact) mass is 649 g/mol. The van der Waals surface area contributed by atoms with Crippen LogP contribution in [-0.4, -0.2) is 77.7 Å². The van der Waals surface area contributed by atoms with Crippen molar-refractivity contribution in [3.05, 3.63) is 90.0 Å². The van der Waals surface area contributed by atoms with Crippen molar-refractivity contribution in [2.75, 3.05) is 31.2 Å². The lowest BCUT2D eigenvalue weighted by Crippen LogP contribution is -2.57. The molecule has 1 spiro atoms. The molecule has 11 heteroatoms. The van der Waals surface area contributed by atoms with E-state index < -0.39 is 59.3 Å². The molecule has 3 aliphatic rings. The van der Waals surface area contributed by atoms with Crippen molar-refractivity contribution >= 4 is 41.0 Å². The molecule has 0 aromatic heterocycles. The van der Waals surface area contributed by atoms with Crippen LogP contribution in [0.3, 0.4) is 0 Å². The van der Waals surface area contributed by atoms with Crippen LogP contribution < -0.4 is 10.2 Å². The van der Waals surface area contributed by atoms with Gasteiger partial charge in [-0.05, 0) is 43.4 Å². The van der Waals surface area contributed by atoms with E-state index in [1.54, 1.807) is 24.3 Å². The molecule has 0 radical (unpaired) electrons. The van der Waals surface area contributed by atoms with Gasteiger partial charge in [0, 0.05) is 19.5 Å². The number of amides is 3. The summed E-state index contributed by atoms with van der Waals surface area (Å²) in [5, 5.41) is 13.4. The second-order valence-corrected chi connectivity index (χ2v) is 12.3. The lowest BCUT2D eigenvalue weighted by atomic mass is 9.70. The minimum absolute atomic E-state index is 0.0980. The first-order chi connectivity index (χ1) is 22.2. The second-order valence-electron chi connectivity index (χ2n) is 11.9. The lowest BCUT2D eigenvalue weighted by Gasteiger charge is -2.37. The van der Waals surface area contributed by atoms with Crippen LogP contribution in [0, 0.1) is 18.8 Å². The number of hydrogen-bond donors (Lipinski definition) is 2. The largest absolute Gasteiger partial charge is 0.463 e. The SMILES string of the molecule is C=CCCC(=O)OC[C@H](NC(=O)[C@@H]1[C@@H]2CC[C@]3(O2)[C@H](C(=O)N(CC=C)c2c(C)cccc2Cl)N(CCO)C(=O)[C@@H]13)c1ccccc1. The fraction of sp³-hybridized carbons (Fsp3) is 0.429. The van der Waals surface area contributed by atoms with E-state index in [9.17, 15) is 24.3 Å². The van der Waals surface area contributed by atoms with Gasteiger partial charge in [0.05, 0.1) is 41.3 Å². The number of halogens is 1. The summed E-state index contributed by atoms with van der Waals surface area (Å²) in [7, 11) is 0. The molecule has 0 aliphatic carbocycles. The van der Waals surface area contributed by atoms with Crippen molar-refractivity contribution in [2.45, 2.75) is 56.4 Å². The number of aliphatic hydroxyl groups excluding tert-OH is 1. The van der Waals surface area contributed by atoms with Crippen LogP contribution in [0.25, 0.3) is 0 Å². The first-order valence-electron chi connectivity index (χ1n) is 15.6. The highest BCUT2D eigenvalue weighted by molar-refractivity contribution is 6.34. The van der Waals surface area contributed by atoms with Crippen LogP contribution in [0.4, 0.5) is 5.69 Å². The number of nitrogens with zero attached hydrogens (tertiary/aromatic N) is 2. The van der Waals surface area contributed by atoms with E-state index in [1.807, 2.05) is 43.3 Å². The molecule has 3 heterocycles. The Hall–Kier alpha value is -3.99. The Morgan fingerprint density at radius 1 is 1.20 bits per heavy atom. The van der Waals surface area contributed by atoms with Crippen LogP contribution in [0.15, 0.2) is 73.8 Å². The maximum absolute atomic E-state index is 14.6. The van der Waals surface area contributed by atoms with E-state index in [0.717, 1.165) is 11.1 Å². The standard InChI is InChI=1S/C35H40ClN3O7/c1-4-6-15-27(41)45-21-25(23-12-8-7-9-13-23)37-32(42)28-26-16-17-35(46-26)29(28)33(43)39(19-20-40)31(35)34(44)38(18-5-2)30-22(3)11-10-14-24(30)36/h4-5,7-14,25-26,28-29,31,40H,1-2,6,15-21H2,3H3,(H,37,42)/t25-,26-,28+,29+,31-,35+/m0/s1. The van der Waals surface area contributed by atoms with E-state index in [1.165, 1.54) is 9.80 Å². The number of anilines is 1. The third kappa shape index (κ3) is 6.09. The molecular weight excluding hydrogens is 610 g/mol. The number of β-amino-alcohol motifs (C(OH)–C–C–N with tert-alkyl or cyclic N) is 1. The zero-order valence-corrected chi connectivity index (χ0v) is 26.7. The fourth-order valence-electron chi connectivity index (χ4n) is 7.26. The van der Waals surface area contributed by atoms with Crippen molar-refractivity contribution in [1.82, 2.24) is 10.2 Å². The Bertz CT molecular complexity index is 1480. The number of allylic oxidation sites excluding steroid dienone is 1. The number of fused-ring (bicyclic) bond motifs is 1. The molecule has 3 amide bonds. The molecule has 5 rings (SSSR count). The van der Waals surface area contributed by atoms with E-state index in [2.05, 4.69) is 18.5 Å². The van der Waals surface area contributed by atoms with E-state index in [0.29, 0.717) is 30.0 Å². The molecular formula is C35H40ClN3O7. The summed E-state index contributed by atoms with van der Waals surface area (Å²) in [6, 6.07) is 12.7. The van der Waals surface area contributed by atoms with Gasteiger partial charge in [-0.15, -0.1) is 13.2 Å². The zero-order valence-electron chi connectivity index (χ0n) is 25.9. The Kier molecular flexibility index (Phi) is 10.3. The van der Waals surface area contributed by atoms with Crippen LogP contribution >= 0.6 is 11.6 Å². The molecule has 2 N–H and O–H groups in total. The number of nitrogens with one attached hydrogen (secondary N) is 1. The predicted octanol–water partition coefficient (Wildman–Crippen LogP) is 3.90. The number of para-hydroxylation sites is 1. The summed E-state index contributed by atoms with van der Waals surface area (Å²) >= 11 is 6.59. The van der Waals surface area contributed by atoms with Gasteiger partial charge in [-0.2, -0.15) is 0 Å². The van der Waals surface area contributed by atoms with Crippen LogP contribution in [0.2, 0.25) is 5.02 Å². The average molecular weight is 650 g/mol. The van der Waals surface area contributed by atoms with E-state index in [-0.39, 0.29) is 32.7 Å². The molecule has 2 bridgehead atoms. The van der Waals surface area contributed by atoms with E-state index in [4.69, 9.17) is 21.1 Å². The third-order valence-corrected chi connectivity index (χ3v) is 9.50. The Labute approximate surface area is 274 Å². The molecule has 244 valence electrons. The van der Waals surface area contributed by atoms with Gasteiger partial charge in [-0.25, -0.2) is 0 Å². The van der Waals surface area contributed by atoms with Gasteiger partial charge in [0.15, 0.2) is 0 Å².